The second kappa shape index (κ2) is 8.79. The topological polar surface area (TPSA) is 89.9 Å². The normalized spacial score (nSPS) is 14.9. The molecule has 0 saturated carbocycles. The number of hydrogen-bond donors (Lipinski definition) is 1. The van der Waals surface area contributed by atoms with E-state index in [-0.39, 0.29) is 5.78 Å². The van der Waals surface area contributed by atoms with Gasteiger partial charge in [0, 0.05) is 44.0 Å². The van der Waals surface area contributed by atoms with E-state index in [4.69, 9.17) is 11.6 Å². The van der Waals surface area contributed by atoms with Gasteiger partial charge in [0.1, 0.15) is 0 Å². The zero-order valence-corrected chi connectivity index (χ0v) is 18.3. The van der Waals surface area contributed by atoms with E-state index >= 15 is 0 Å². The second-order valence-corrected chi connectivity index (χ2v) is 8.13. The summed E-state index contributed by atoms with van der Waals surface area (Å²) in [6, 6.07) is 11.3. The first-order valence-corrected chi connectivity index (χ1v) is 11.1. The minimum atomic E-state index is -0.525. The molecule has 1 aliphatic rings. The summed E-state index contributed by atoms with van der Waals surface area (Å²) in [6.45, 7) is 10.8. The van der Waals surface area contributed by atoms with Crippen LogP contribution in [0.25, 0.3) is 15.9 Å². The average molecular weight is 438 g/mol. The minimum absolute atomic E-state index is 0.0785. The quantitative estimate of drug-likeness (QED) is 0.438. The van der Waals surface area contributed by atoms with Gasteiger partial charge >= 0.3 is 0 Å². The van der Waals surface area contributed by atoms with Crippen LogP contribution >= 0.6 is 0 Å². The fourth-order valence-corrected chi connectivity index (χ4v) is 4.31. The van der Waals surface area contributed by atoms with Crippen molar-refractivity contribution < 1.29 is 4.79 Å². The molecular formula is C25H23N7O. The van der Waals surface area contributed by atoms with Gasteiger partial charge < -0.3 is 5.32 Å². The number of anilines is 1. The molecule has 164 valence electrons. The Morgan fingerprint density at radius 3 is 2.94 bits per heavy atom. The summed E-state index contributed by atoms with van der Waals surface area (Å²) >= 11 is 0. The number of carbonyl (C=O) groups is 1. The first kappa shape index (κ1) is 20.8. The molecule has 5 rings (SSSR count). The number of fused-ring (bicyclic) bond motifs is 2. The summed E-state index contributed by atoms with van der Waals surface area (Å²) in [5.41, 5.74) is 4.52. The van der Waals surface area contributed by atoms with Crippen molar-refractivity contribution in [1.82, 2.24) is 24.7 Å². The summed E-state index contributed by atoms with van der Waals surface area (Å²) in [4.78, 5) is 30.4. The van der Waals surface area contributed by atoms with Gasteiger partial charge in [-0.3, -0.25) is 14.5 Å². The first-order valence-electron chi connectivity index (χ1n) is 11.1. The van der Waals surface area contributed by atoms with Gasteiger partial charge in [0.05, 0.1) is 23.6 Å². The van der Waals surface area contributed by atoms with E-state index in [1.165, 1.54) is 0 Å². The van der Waals surface area contributed by atoms with Gasteiger partial charge in [0.25, 0.3) is 0 Å². The number of Topliss-reactive ketones (excluding diaryl/α,β-unsaturated/α-hetero) is 1. The Morgan fingerprint density at radius 2 is 2.15 bits per heavy atom. The monoisotopic (exact) mass is 437 g/mol. The van der Waals surface area contributed by atoms with E-state index in [2.05, 4.69) is 32.2 Å². The Hall–Kier alpha value is -4.12. The maximum Gasteiger partial charge on any atom is 0.225 e. The maximum absolute atomic E-state index is 13.1. The van der Waals surface area contributed by atoms with E-state index in [1.807, 2.05) is 41.2 Å². The Balaban J connectivity index is 1.54. The number of hydrogen-bond acceptors (Lipinski definition) is 6. The highest BCUT2D eigenvalue weighted by molar-refractivity contribution is 5.98. The lowest BCUT2D eigenvalue weighted by atomic mass is 9.94. The van der Waals surface area contributed by atoms with Gasteiger partial charge in [-0.2, -0.15) is 10.1 Å². The number of aromatic nitrogens is 5. The molecule has 8 nitrogen and oxygen atoms in total. The molecule has 1 aromatic carbocycles. The van der Waals surface area contributed by atoms with Crippen molar-refractivity contribution in [2.45, 2.75) is 38.6 Å². The number of nitrogens with zero attached hydrogens (tertiary/aromatic N) is 6. The van der Waals surface area contributed by atoms with Gasteiger partial charge in [-0.1, -0.05) is 31.2 Å². The predicted molar refractivity (Wildman–Crippen MR) is 125 cm³/mol. The first-order chi connectivity index (χ1) is 16.2. The van der Waals surface area contributed by atoms with E-state index in [9.17, 15) is 4.79 Å². The molecule has 0 saturated heterocycles. The summed E-state index contributed by atoms with van der Waals surface area (Å²) in [5, 5.41) is 8.69. The molecule has 8 heteroatoms. The molecule has 3 heterocycles. The van der Waals surface area contributed by atoms with E-state index < -0.39 is 5.92 Å². The van der Waals surface area contributed by atoms with Crippen LogP contribution in [0.3, 0.4) is 0 Å². The molecule has 1 aliphatic carbocycles. The van der Waals surface area contributed by atoms with Crippen LogP contribution < -0.4 is 5.32 Å². The summed E-state index contributed by atoms with van der Waals surface area (Å²) in [7, 11) is 0. The number of rotatable bonds is 7. The van der Waals surface area contributed by atoms with E-state index in [0.29, 0.717) is 35.9 Å². The van der Waals surface area contributed by atoms with Gasteiger partial charge in [-0.25, -0.2) is 9.83 Å². The van der Waals surface area contributed by atoms with Gasteiger partial charge in [-0.05, 0) is 29.7 Å². The lowest BCUT2D eigenvalue weighted by molar-refractivity contribution is -0.118. The van der Waals surface area contributed by atoms with Gasteiger partial charge in [0.15, 0.2) is 17.1 Å². The zero-order chi connectivity index (χ0) is 22.8. The number of pyridine rings is 1. The number of carbonyl (C=O) groups excluding carboxylic acids is 1. The highest BCUT2D eigenvalue weighted by Crippen LogP contribution is 2.39. The van der Waals surface area contributed by atoms with Crippen LogP contribution in [0.2, 0.25) is 0 Å². The van der Waals surface area contributed by atoms with Crippen LogP contribution in [0.4, 0.5) is 11.6 Å². The van der Waals surface area contributed by atoms with Crippen LogP contribution in [0.5, 0.6) is 0 Å². The molecule has 33 heavy (non-hydrogen) atoms. The van der Waals surface area contributed by atoms with Gasteiger partial charge in [0.2, 0.25) is 5.95 Å². The average Bonchev–Trinajstić information content (AvgIpc) is 3.38. The van der Waals surface area contributed by atoms with Crippen LogP contribution in [-0.2, 0) is 24.2 Å². The fourth-order valence-electron chi connectivity index (χ4n) is 4.31. The third kappa shape index (κ3) is 4.05. The molecule has 0 amide bonds. The molecule has 3 aromatic heterocycles. The molecular weight excluding hydrogens is 414 g/mol. The molecule has 0 bridgehead atoms. The van der Waals surface area contributed by atoms with E-state index in [1.54, 1.807) is 12.3 Å². The predicted octanol–water partition coefficient (Wildman–Crippen LogP) is 4.09. The molecule has 4 aromatic rings. The highest BCUT2D eigenvalue weighted by Gasteiger charge is 2.35. The SMILES string of the molecule is [C-]#[N+]c1ccc2c(c1)C(c1nc(NCCc3ccccn3)nc3nn(CCC)cc13)C(=O)C2. The molecule has 0 spiro atoms. The largest absolute Gasteiger partial charge is 0.354 e. The van der Waals surface area contributed by atoms with Crippen molar-refractivity contribution in [2.75, 3.05) is 11.9 Å². The van der Waals surface area contributed by atoms with Crippen molar-refractivity contribution in [3.63, 3.8) is 0 Å². The minimum Gasteiger partial charge on any atom is -0.354 e. The highest BCUT2D eigenvalue weighted by atomic mass is 16.1. The van der Waals surface area contributed by atoms with Crippen LogP contribution in [0, 0.1) is 6.57 Å². The summed E-state index contributed by atoms with van der Waals surface area (Å²) in [5.74, 6) is -0.00427. The molecule has 0 radical (unpaired) electrons. The van der Waals surface area contributed by atoms with Crippen LogP contribution in [0.15, 0.2) is 48.8 Å². The molecule has 1 atom stereocenters. The number of aryl methyl sites for hydroxylation is 1. The standard InChI is InChI=1S/C25H23N7O/c1-3-12-32-15-20-23(22-19-14-18(26-2)8-7-16(19)13-21(22)33)29-25(30-24(20)31-32)28-11-9-17-6-4-5-10-27-17/h4-8,10,14-15,22H,3,9,11-13H2,1H3,(H,28,30,31). The Labute approximate surface area is 191 Å². The third-order valence-electron chi connectivity index (χ3n) is 5.83. The lowest BCUT2D eigenvalue weighted by Gasteiger charge is -2.13. The van der Waals surface area contributed by atoms with E-state index in [0.717, 1.165) is 41.6 Å². The summed E-state index contributed by atoms with van der Waals surface area (Å²) in [6.07, 6.45) is 5.70. The molecule has 1 N–H and O–H groups in total. The Kier molecular flexibility index (Phi) is 5.53. The zero-order valence-electron chi connectivity index (χ0n) is 18.3. The van der Waals surface area contributed by atoms with Gasteiger partial charge in [-0.15, -0.1) is 0 Å². The van der Waals surface area contributed by atoms with Crippen molar-refractivity contribution in [2.24, 2.45) is 0 Å². The second-order valence-electron chi connectivity index (χ2n) is 8.13. The lowest BCUT2D eigenvalue weighted by Crippen LogP contribution is -2.14. The van der Waals surface area contributed by atoms with Crippen molar-refractivity contribution in [3.8, 4) is 0 Å². The molecule has 0 fully saturated rings. The molecule has 0 aliphatic heterocycles. The number of benzene rings is 1. The van der Waals surface area contributed by atoms with Crippen molar-refractivity contribution in [1.29, 1.82) is 0 Å². The fraction of sp³-hybridized carbons (Fsp3) is 0.280. The van der Waals surface area contributed by atoms with Crippen LogP contribution in [-0.4, -0.2) is 37.1 Å². The summed E-state index contributed by atoms with van der Waals surface area (Å²) < 4.78 is 1.86. The number of nitrogens with one attached hydrogen (secondary N) is 1. The third-order valence-corrected chi connectivity index (χ3v) is 5.83. The smallest absolute Gasteiger partial charge is 0.225 e. The number of ketones is 1. The molecule has 1 unspecified atom stereocenters. The van der Waals surface area contributed by atoms with Crippen molar-refractivity contribution >= 4 is 28.5 Å². The van der Waals surface area contributed by atoms with Crippen LogP contribution in [0.1, 0.15) is 41.8 Å². The Bertz CT molecular complexity index is 1370. The maximum atomic E-state index is 13.1. The van der Waals surface area contributed by atoms with Crippen molar-refractivity contribution in [3.05, 3.63) is 82.7 Å². The Morgan fingerprint density at radius 1 is 1.24 bits per heavy atom.